The largest absolute Gasteiger partial charge is 0.293 e. The van der Waals surface area contributed by atoms with Crippen molar-refractivity contribution in [2.45, 2.75) is 0 Å². The van der Waals surface area contributed by atoms with Crippen LogP contribution in [0.2, 0.25) is 0 Å². The maximum Gasteiger partial charge on any atom is 0.262 e. The number of carbonyl (C=O) groups excluding carboxylic acids is 3. The molecule has 0 atom stereocenters. The van der Waals surface area contributed by atoms with Gasteiger partial charge in [0.2, 0.25) is 5.82 Å². The van der Waals surface area contributed by atoms with E-state index in [0.29, 0.717) is 4.90 Å². The van der Waals surface area contributed by atoms with Crippen LogP contribution in [0.5, 0.6) is 0 Å². The van der Waals surface area contributed by atoms with Gasteiger partial charge >= 0.3 is 0 Å². The Bertz CT molecular complexity index is 932. The highest BCUT2D eigenvalue weighted by Crippen LogP contribution is 2.26. The Kier molecular flexibility index (Phi) is 4.52. The minimum Gasteiger partial charge on any atom is -0.293 e. The second-order valence-corrected chi connectivity index (χ2v) is 5.36. The number of hydrazine groups is 1. The molecule has 1 aliphatic rings. The van der Waals surface area contributed by atoms with Gasteiger partial charge in [-0.05, 0) is 12.1 Å². The molecule has 0 fully saturated rings. The molecule has 0 aliphatic carbocycles. The number of benzene rings is 2. The first-order chi connectivity index (χ1) is 12.7. The number of fused-ring (bicyclic) bond motifs is 1. The Labute approximate surface area is 147 Å². The van der Waals surface area contributed by atoms with Gasteiger partial charge < -0.3 is 0 Å². The first-order valence-corrected chi connectivity index (χ1v) is 7.25. The molecule has 2 aromatic rings. The molecule has 2 aromatic carbocycles. The molecule has 27 heavy (non-hydrogen) atoms. The van der Waals surface area contributed by atoms with Crippen molar-refractivity contribution in [3.05, 3.63) is 64.5 Å². The minimum absolute atomic E-state index is 0.0722. The number of nitrogens with one attached hydrogen (secondary N) is 2. The lowest BCUT2D eigenvalue weighted by Crippen LogP contribution is -2.42. The minimum atomic E-state index is -2.35. The van der Waals surface area contributed by atoms with Crippen molar-refractivity contribution in [3.8, 4) is 0 Å². The SMILES string of the molecule is O=C(CN1C(=O)c2ccccc2C1=O)NNc1c(F)c(F)c(F)c(F)c1F. The van der Waals surface area contributed by atoms with Crippen LogP contribution >= 0.6 is 0 Å². The van der Waals surface area contributed by atoms with Crippen LogP contribution in [0.1, 0.15) is 20.7 Å². The molecule has 3 rings (SSSR count). The average molecular weight is 385 g/mol. The zero-order chi connectivity index (χ0) is 19.9. The van der Waals surface area contributed by atoms with Gasteiger partial charge in [-0.25, -0.2) is 22.0 Å². The quantitative estimate of drug-likeness (QED) is 0.278. The molecule has 3 amide bonds. The van der Waals surface area contributed by atoms with E-state index in [-0.39, 0.29) is 11.1 Å². The molecule has 0 radical (unpaired) electrons. The summed E-state index contributed by atoms with van der Waals surface area (Å²) in [6, 6.07) is 5.78. The number of hydrogen-bond acceptors (Lipinski definition) is 4. The van der Waals surface area contributed by atoms with Crippen LogP contribution in [0.3, 0.4) is 0 Å². The normalized spacial score (nSPS) is 13.0. The van der Waals surface area contributed by atoms with Crippen molar-refractivity contribution in [1.29, 1.82) is 0 Å². The number of anilines is 1. The van der Waals surface area contributed by atoms with Crippen LogP contribution in [-0.4, -0.2) is 29.2 Å². The number of rotatable bonds is 4. The van der Waals surface area contributed by atoms with Crippen molar-refractivity contribution < 1.29 is 36.3 Å². The third-order valence-electron chi connectivity index (χ3n) is 3.72. The number of carbonyl (C=O) groups is 3. The molecule has 0 unspecified atom stereocenters. The zero-order valence-corrected chi connectivity index (χ0v) is 13.1. The predicted octanol–water partition coefficient (Wildman–Crippen LogP) is 2.12. The molecule has 2 N–H and O–H groups in total. The highest BCUT2D eigenvalue weighted by atomic mass is 19.2. The Morgan fingerprint density at radius 1 is 0.815 bits per heavy atom. The van der Waals surface area contributed by atoms with E-state index < -0.39 is 59.0 Å². The van der Waals surface area contributed by atoms with Crippen LogP contribution in [0.4, 0.5) is 27.6 Å². The highest BCUT2D eigenvalue weighted by molar-refractivity contribution is 6.22. The Balaban J connectivity index is 1.72. The van der Waals surface area contributed by atoms with E-state index in [1.807, 2.05) is 0 Å². The Hall–Kier alpha value is -3.50. The van der Waals surface area contributed by atoms with E-state index in [1.165, 1.54) is 24.3 Å². The molecule has 1 heterocycles. The van der Waals surface area contributed by atoms with Gasteiger partial charge in [0.05, 0.1) is 11.1 Å². The van der Waals surface area contributed by atoms with E-state index in [4.69, 9.17) is 0 Å². The molecule has 0 bridgehead atoms. The van der Waals surface area contributed by atoms with Gasteiger partial charge in [-0.2, -0.15) is 0 Å². The van der Waals surface area contributed by atoms with Gasteiger partial charge in [-0.1, -0.05) is 12.1 Å². The van der Waals surface area contributed by atoms with E-state index in [1.54, 1.807) is 10.9 Å². The predicted molar refractivity (Wildman–Crippen MR) is 79.8 cm³/mol. The second-order valence-electron chi connectivity index (χ2n) is 5.36. The lowest BCUT2D eigenvalue weighted by Gasteiger charge is -2.15. The number of imide groups is 1. The van der Waals surface area contributed by atoms with Crippen LogP contribution in [0.25, 0.3) is 0 Å². The molecule has 0 saturated heterocycles. The summed E-state index contributed by atoms with van der Waals surface area (Å²) in [5, 5.41) is 0. The summed E-state index contributed by atoms with van der Waals surface area (Å²) in [5.41, 5.74) is 1.91. The van der Waals surface area contributed by atoms with Gasteiger partial charge in [0.1, 0.15) is 12.2 Å². The van der Waals surface area contributed by atoms with E-state index in [9.17, 15) is 36.3 Å². The molecular formula is C16H8F5N3O3. The number of halogens is 5. The first kappa shape index (κ1) is 18.3. The zero-order valence-electron chi connectivity index (χ0n) is 13.1. The Morgan fingerprint density at radius 3 is 1.74 bits per heavy atom. The van der Waals surface area contributed by atoms with Crippen LogP contribution in [0.15, 0.2) is 24.3 Å². The van der Waals surface area contributed by atoms with Gasteiger partial charge in [-0.15, -0.1) is 0 Å². The van der Waals surface area contributed by atoms with Gasteiger partial charge in [0.15, 0.2) is 23.3 Å². The van der Waals surface area contributed by atoms with Crippen LogP contribution < -0.4 is 10.9 Å². The molecule has 11 heteroatoms. The van der Waals surface area contributed by atoms with Crippen molar-refractivity contribution in [2.24, 2.45) is 0 Å². The maximum absolute atomic E-state index is 13.5. The van der Waals surface area contributed by atoms with E-state index >= 15 is 0 Å². The van der Waals surface area contributed by atoms with E-state index in [2.05, 4.69) is 0 Å². The van der Waals surface area contributed by atoms with Crippen molar-refractivity contribution >= 4 is 23.4 Å². The second kappa shape index (κ2) is 6.67. The molecule has 0 aromatic heterocycles. The fraction of sp³-hybridized carbons (Fsp3) is 0.0625. The van der Waals surface area contributed by atoms with Crippen molar-refractivity contribution in [3.63, 3.8) is 0 Å². The molecule has 140 valence electrons. The molecule has 1 aliphatic heterocycles. The summed E-state index contributed by atoms with van der Waals surface area (Å²) in [6.45, 7) is -0.839. The summed E-state index contributed by atoms with van der Waals surface area (Å²) in [7, 11) is 0. The number of amides is 3. The van der Waals surface area contributed by atoms with Crippen molar-refractivity contribution in [1.82, 2.24) is 10.3 Å². The standard InChI is InChI=1S/C16H8F5N3O3/c17-9-10(18)12(20)14(13(21)11(9)19)23-22-8(25)5-24-15(26)6-3-1-2-4-7(6)16(24)27/h1-4,23H,5H2,(H,22,25). The highest BCUT2D eigenvalue weighted by Gasteiger charge is 2.36. The van der Waals surface area contributed by atoms with Crippen LogP contribution in [-0.2, 0) is 4.79 Å². The summed E-state index contributed by atoms with van der Waals surface area (Å²) in [5.74, 6) is -13.8. The topological polar surface area (TPSA) is 78.5 Å². The maximum atomic E-state index is 13.5. The lowest BCUT2D eigenvalue weighted by atomic mass is 10.1. The van der Waals surface area contributed by atoms with Gasteiger partial charge in [-0.3, -0.25) is 30.1 Å². The lowest BCUT2D eigenvalue weighted by molar-refractivity contribution is -0.120. The fourth-order valence-electron chi connectivity index (χ4n) is 2.41. The number of hydrogen-bond donors (Lipinski definition) is 2. The summed E-state index contributed by atoms with van der Waals surface area (Å²) < 4.78 is 66.2. The fourth-order valence-corrected chi connectivity index (χ4v) is 2.41. The van der Waals surface area contributed by atoms with Gasteiger partial charge in [0.25, 0.3) is 17.7 Å². The molecular weight excluding hydrogens is 377 g/mol. The average Bonchev–Trinajstić information content (AvgIpc) is 2.90. The van der Waals surface area contributed by atoms with E-state index in [0.717, 1.165) is 0 Å². The molecule has 0 saturated carbocycles. The monoisotopic (exact) mass is 385 g/mol. The third kappa shape index (κ3) is 2.96. The third-order valence-corrected chi connectivity index (χ3v) is 3.72. The molecule has 0 spiro atoms. The summed E-state index contributed by atoms with van der Waals surface area (Å²) >= 11 is 0. The smallest absolute Gasteiger partial charge is 0.262 e. The van der Waals surface area contributed by atoms with Gasteiger partial charge in [0, 0.05) is 0 Å². The van der Waals surface area contributed by atoms with Crippen molar-refractivity contribution in [2.75, 3.05) is 12.0 Å². The first-order valence-electron chi connectivity index (χ1n) is 7.25. The summed E-state index contributed by atoms with van der Waals surface area (Å²) in [4.78, 5) is 36.6. The summed E-state index contributed by atoms with van der Waals surface area (Å²) in [6.07, 6.45) is 0. The molecule has 6 nitrogen and oxygen atoms in total. The number of nitrogens with zero attached hydrogens (tertiary/aromatic N) is 1. The Morgan fingerprint density at radius 2 is 1.26 bits per heavy atom. The van der Waals surface area contributed by atoms with Crippen LogP contribution in [0, 0.1) is 29.1 Å².